The van der Waals surface area contributed by atoms with E-state index in [2.05, 4.69) is 19.2 Å². The average Bonchev–Trinajstić information content (AvgIpc) is 2.26. The quantitative estimate of drug-likeness (QED) is 0.374. The van der Waals surface area contributed by atoms with E-state index >= 15 is 0 Å². The fourth-order valence-corrected chi connectivity index (χ4v) is 1.04. The van der Waals surface area contributed by atoms with Gasteiger partial charge in [0.25, 0.3) is 5.69 Å². The first-order valence-electron chi connectivity index (χ1n) is 4.39. The van der Waals surface area contributed by atoms with Gasteiger partial charge in [0.1, 0.15) is 6.61 Å². The summed E-state index contributed by atoms with van der Waals surface area (Å²) < 4.78 is 18.4. The molecule has 0 fully saturated rings. The Hall–Kier alpha value is -1.56. The zero-order valence-corrected chi connectivity index (χ0v) is 9.24. The van der Waals surface area contributed by atoms with Gasteiger partial charge in [0.15, 0.2) is 11.6 Å². The second kappa shape index (κ2) is 5.50. The predicted molar refractivity (Wildman–Crippen MR) is 61.5 cm³/mol. The summed E-state index contributed by atoms with van der Waals surface area (Å²) in [6.07, 6.45) is 0. The Balaban J connectivity index is 2.75. The van der Waals surface area contributed by atoms with Gasteiger partial charge in [0.05, 0.1) is 11.0 Å². The molecule has 1 aromatic rings. The number of nitrogens with zero attached hydrogens (tertiary/aromatic N) is 1. The molecule has 0 radical (unpaired) electrons. The molecular weight excluding hydrogens is 233 g/mol. The van der Waals surface area contributed by atoms with Crippen LogP contribution < -0.4 is 4.74 Å². The van der Waals surface area contributed by atoms with Crippen LogP contribution in [0.15, 0.2) is 30.4 Å². The summed E-state index contributed by atoms with van der Waals surface area (Å²) in [7, 11) is 0. The van der Waals surface area contributed by atoms with E-state index in [1.807, 2.05) is 0 Å². The van der Waals surface area contributed by atoms with E-state index in [1.54, 1.807) is 0 Å². The van der Waals surface area contributed by atoms with E-state index in [0.717, 1.165) is 6.07 Å². The van der Waals surface area contributed by atoms with E-state index in [9.17, 15) is 14.5 Å². The third-order valence-electron chi connectivity index (χ3n) is 1.78. The minimum Gasteiger partial charge on any atom is -0.486 e. The lowest BCUT2D eigenvalue weighted by molar-refractivity contribution is -0.385. The van der Waals surface area contributed by atoms with Gasteiger partial charge in [0.2, 0.25) is 0 Å². The number of hydrogen-bond donors (Lipinski definition) is 1. The van der Waals surface area contributed by atoms with Crippen LogP contribution >= 0.6 is 12.6 Å². The number of non-ortho nitro benzene ring substituents is 1. The molecule has 1 aromatic carbocycles. The minimum absolute atomic E-state index is 0.0338. The number of nitro groups is 1. The first-order chi connectivity index (χ1) is 7.54. The van der Waals surface area contributed by atoms with Crippen molar-refractivity contribution in [2.24, 2.45) is 0 Å². The largest absolute Gasteiger partial charge is 0.486 e. The molecule has 0 atom stereocenters. The number of hydrogen-bond acceptors (Lipinski definition) is 4. The Bertz CT molecular complexity index is 423. The Morgan fingerprint density at radius 3 is 2.81 bits per heavy atom. The molecule has 0 saturated heterocycles. The van der Waals surface area contributed by atoms with Gasteiger partial charge in [0, 0.05) is 11.8 Å². The van der Waals surface area contributed by atoms with Gasteiger partial charge in [-0.15, -0.1) is 0 Å². The van der Waals surface area contributed by atoms with Crippen molar-refractivity contribution < 1.29 is 14.1 Å². The molecule has 0 bridgehead atoms. The molecule has 0 aliphatic rings. The summed E-state index contributed by atoms with van der Waals surface area (Å²) >= 11 is 3.97. The molecule has 86 valence electrons. The third-order valence-corrected chi connectivity index (χ3v) is 2.23. The van der Waals surface area contributed by atoms with Gasteiger partial charge >= 0.3 is 0 Å². The Morgan fingerprint density at radius 1 is 1.62 bits per heavy atom. The van der Waals surface area contributed by atoms with Crippen LogP contribution in [0.3, 0.4) is 0 Å². The van der Waals surface area contributed by atoms with E-state index in [1.165, 1.54) is 12.1 Å². The zero-order chi connectivity index (χ0) is 12.1. The Kier molecular flexibility index (Phi) is 4.30. The van der Waals surface area contributed by atoms with Crippen molar-refractivity contribution in [1.82, 2.24) is 0 Å². The second-order valence-electron chi connectivity index (χ2n) is 3.07. The molecule has 6 heteroatoms. The summed E-state index contributed by atoms with van der Waals surface area (Å²) in [6.45, 7) is 3.77. The molecular formula is C10H10FNO3S. The number of ether oxygens (including phenoxy) is 1. The molecule has 0 aliphatic carbocycles. The van der Waals surface area contributed by atoms with Crippen LogP contribution in [0.4, 0.5) is 10.1 Å². The Morgan fingerprint density at radius 2 is 2.31 bits per heavy atom. The highest BCUT2D eigenvalue weighted by Crippen LogP contribution is 2.22. The maximum atomic E-state index is 13.3. The summed E-state index contributed by atoms with van der Waals surface area (Å²) in [5, 5.41) is 10.4. The predicted octanol–water partition coefficient (Wildman–Crippen LogP) is 2.60. The fourth-order valence-electron chi connectivity index (χ4n) is 0.946. The van der Waals surface area contributed by atoms with E-state index in [4.69, 9.17) is 4.74 Å². The first kappa shape index (κ1) is 12.5. The van der Waals surface area contributed by atoms with Crippen LogP contribution in [0.25, 0.3) is 0 Å². The lowest BCUT2D eigenvalue weighted by Gasteiger charge is -2.07. The first-order valence-corrected chi connectivity index (χ1v) is 5.02. The normalized spacial score (nSPS) is 9.88. The molecule has 1 rings (SSSR count). The van der Waals surface area contributed by atoms with Crippen LogP contribution in [0, 0.1) is 15.9 Å². The average molecular weight is 243 g/mol. The molecule has 16 heavy (non-hydrogen) atoms. The molecule has 0 amide bonds. The maximum Gasteiger partial charge on any atom is 0.272 e. The number of thiol groups is 1. The zero-order valence-electron chi connectivity index (χ0n) is 8.35. The number of halogens is 1. The van der Waals surface area contributed by atoms with Crippen molar-refractivity contribution in [1.29, 1.82) is 0 Å². The van der Waals surface area contributed by atoms with Crippen molar-refractivity contribution in [3.63, 3.8) is 0 Å². The van der Waals surface area contributed by atoms with Gasteiger partial charge in [-0.2, -0.15) is 12.6 Å². The van der Waals surface area contributed by atoms with Gasteiger partial charge in [-0.1, -0.05) is 6.58 Å². The molecule has 0 aromatic heterocycles. The van der Waals surface area contributed by atoms with Crippen LogP contribution in [-0.2, 0) is 0 Å². The van der Waals surface area contributed by atoms with Gasteiger partial charge in [-0.05, 0) is 11.6 Å². The molecule has 0 unspecified atom stereocenters. The number of rotatable bonds is 5. The van der Waals surface area contributed by atoms with Crippen molar-refractivity contribution in [3.8, 4) is 5.75 Å². The summed E-state index contributed by atoms with van der Waals surface area (Å²) in [6, 6.07) is 3.22. The standard InChI is InChI=1S/C10H10FNO3S/c1-7(6-16)5-15-10-3-2-8(12(13)14)4-9(10)11/h2-4,16H,1,5-6H2. The van der Waals surface area contributed by atoms with Crippen LogP contribution in [-0.4, -0.2) is 17.3 Å². The van der Waals surface area contributed by atoms with Crippen LogP contribution in [0.5, 0.6) is 5.75 Å². The summed E-state index contributed by atoms with van der Waals surface area (Å²) in [5.41, 5.74) is 0.388. The van der Waals surface area contributed by atoms with Crippen molar-refractivity contribution >= 4 is 18.3 Å². The Labute approximate surface area is 97.3 Å². The van der Waals surface area contributed by atoms with E-state index < -0.39 is 10.7 Å². The lowest BCUT2D eigenvalue weighted by Crippen LogP contribution is -2.03. The van der Waals surface area contributed by atoms with Crippen molar-refractivity contribution in [2.75, 3.05) is 12.4 Å². The molecule has 0 saturated carbocycles. The van der Waals surface area contributed by atoms with E-state index in [0.29, 0.717) is 11.3 Å². The SMILES string of the molecule is C=C(CS)COc1ccc([N+](=O)[O-])cc1F. The minimum atomic E-state index is -0.763. The fraction of sp³-hybridized carbons (Fsp3) is 0.200. The van der Waals surface area contributed by atoms with Gasteiger partial charge < -0.3 is 4.74 Å². The molecule has 0 N–H and O–H groups in total. The topological polar surface area (TPSA) is 52.4 Å². The monoisotopic (exact) mass is 243 g/mol. The summed E-state index contributed by atoms with van der Waals surface area (Å²) in [4.78, 5) is 9.68. The van der Waals surface area contributed by atoms with Crippen LogP contribution in [0.1, 0.15) is 0 Å². The second-order valence-corrected chi connectivity index (χ2v) is 3.38. The van der Waals surface area contributed by atoms with Gasteiger partial charge in [-0.25, -0.2) is 4.39 Å². The molecule has 0 aliphatic heterocycles. The smallest absolute Gasteiger partial charge is 0.272 e. The molecule has 0 heterocycles. The highest BCUT2D eigenvalue weighted by atomic mass is 32.1. The summed E-state index contributed by atoms with van der Waals surface area (Å²) in [5.74, 6) is -0.357. The lowest BCUT2D eigenvalue weighted by atomic mass is 10.3. The van der Waals surface area contributed by atoms with Crippen molar-refractivity contribution in [3.05, 3.63) is 46.3 Å². The van der Waals surface area contributed by atoms with E-state index in [-0.39, 0.29) is 18.0 Å². The highest BCUT2D eigenvalue weighted by Gasteiger charge is 2.11. The van der Waals surface area contributed by atoms with Crippen LogP contribution in [0.2, 0.25) is 0 Å². The number of benzene rings is 1. The third kappa shape index (κ3) is 3.23. The molecule has 4 nitrogen and oxygen atoms in total. The van der Waals surface area contributed by atoms with Gasteiger partial charge in [-0.3, -0.25) is 10.1 Å². The number of nitro benzene ring substituents is 1. The maximum absolute atomic E-state index is 13.3. The highest BCUT2D eigenvalue weighted by molar-refractivity contribution is 7.80. The van der Waals surface area contributed by atoms with Crippen molar-refractivity contribution in [2.45, 2.75) is 0 Å². The molecule has 0 spiro atoms.